The van der Waals surface area contributed by atoms with Gasteiger partial charge in [-0.05, 0) is 69.2 Å². The summed E-state index contributed by atoms with van der Waals surface area (Å²) in [6.45, 7) is 6.34. The van der Waals surface area contributed by atoms with Crippen LogP contribution in [0.15, 0.2) is 83.8 Å². The largest absolute Gasteiger partial charge is 0.350 e. The standard InChI is InChI=1S/C29H33FN4O6S/c1-5-26(28(36)31-29(2,3)4)32(19-21-11-13-22(30)14-12-21)27(35)20-33(23-15-17-24(18-16-23)34(37)38)41(39,40)25-9-7-6-8-10-25/h6-18,26H,5,19-20H2,1-4H3,(H,31,36). The molecule has 0 radical (unpaired) electrons. The second-order valence-electron chi connectivity index (χ2n) is 10.4. The predicted octanol–water partition coefficient (Wildman–Crippen LogP) is 4.65. The highest BCUT2D eigenvalue weighted by atomic mass is 32.2. The third-order valence-corrected chi connectivity index (χ3v) is 7.90. The number of non-ortho nitro benzene ring substituents is 1. The van der Waals surface area contributed by atoms with Gasteiger partial charge in [0, 0.05) is 24.2 Å². The number of nitrogens with one attached hydrogen (secondary N) is 1. The molecule has 1 unspecified atom stereocenters. The second-order valence-corrected chi connectivity index (χ2v) is 12.3. The molecule has 3 aromatic carbocycles. The zero-order valence-corrected chi connectivity index (χ0v) is 24.1. The molecule has 12 heteroatoms. The molecular formula is C29H33FN4O6S. The number of carbonyl (C=O) groups is 2. The first-order valence-corrected chi connectivity index (χ1v) is 14.3. The van der Waals surface area contributed by atoms with Crippen molar-refractivity contribution in [3.05, 3.63) is 100 Å². The van der Waals surface area contributed by atoms with Gasteiger partial charge in [-0.25, -0.2) is 12.8 Å². The van der Waals surface area contributed by atoms with Gasteiger partial charge in [-0.3, -0.25) is 24.0 Å². The van der Waals surface area contributed by atoms with E-state index in [1.165, 1.54) is 65.6 Å². The Morgan fingerprint density at radius 2 is 1.56 bits per heavy atom. The topological polar surface area (TPSA) is 130 Å². The highest BCUT2D eigenvalue weighted by Crippen LogP contribution is 2.27. The molecule has 1 N–H and O–H groups in total. The number of hydrogen-bond donors (Lipinski definition) is 1. The van der Waals surface area contributed by atoms with Crippen LogP contribution in [-0.4, -0.2) is 48.2 Å². The van der Waals surface area contributed by atoms with E-state index in [2.05, 4.69) is 5.32 Å². The lowest BCUT2D eigenvalue weighted by atomic mass is 10.1. The Hall–Kier alpha value is -4.32. The van der Waals surface area contributed by atoms with Gasteiger partial charge in [-0.1, -0.05) is 37.3 Å². The van der Waals surface area contributed by atoms with Gasteiger partial charge in [0.25, 0.3) is 15.7 Å². The van der Waals surface area contributed by atoms with Crippen LogP contribution in [0, 0.1) is 15.9 Å². The number of anilines is 1. The van der Waals surface area contributed by atoms with Crippen LogP contribution >= 0.6 is 0 Å². The van der Waals surface area contributed by atoms with Gasteiger partial charge in [0.2, 0.25) is 11.8 Å². The average Bonchev–Trinajstić information content (AvgIpc) is 2.92. The molecule has 0 fully saturated rings. The van der Waals surface area contributed by atoms with E-state index in [0.717, 1.165) is 16.4 Å². The molecule has 0 aliphatic carbocycles. The molecule has 0 saturated heterocycles. The number of halogens is 1. The number of nitro groups is 1. The van der Waals surface area contributed by atoms with E-state index in [0.29, 0.717) is 5.56 Å². The first-order chi connectivity index (χ1) is 19.2. The normalized spacial score (nSPS) is 12.3. The molecule has 3 rings (SSSR count). The number of rotatable bonds is 11. The first kappa shape index (κ1) is 31.2. The Morgan fingerprint density at radius 1 is 0.976 bits per heavy atom. The summed E-state index contributed by atoms with van der Waals surface area (Å²) in [5, 5.41) is 14.1. The number of benzene rings is 3. The molecule has 3 aromatic rings. The zero-order valence-electron chi connectivity index (χ0n) is 23.3. The Kier molecular flexibility index (Phi) is 9.82. The molecule has 41 heavy (non-hydrogen) atoms. The van der Waals surface area contributed by atoms with E-state index in [4.69, 9.17) is 0 Å². The fraction of sp³-hybridized carbons (Fsp3) is 0.310. The van der Waals surface area contributed by atoms with Crippen LogP contribution in [-0.2, 0) is 26.2 Å². The highest BCUT2D eigenvalue weighted by molar-refractivity contribution is 7.92. The Labute approximate surface area is 239 Å². The van der Waals surface area contributed by atoms with Crippen molar-refractivity contribution < 1.29 is 27.3 Å². The first-order valence-electron chi connectivity index (χ1n) is 12.9. The van der Waals surface area contributed by atoms with Crippen molar-refractivity contribution in [1.29, 1.82) is 0 Å². The molecular weight excluding hydrogens is 551 g/mol. The molecule has 0 aliphatic rings. The minimum absolute atomic E-state index is 0.0294. The number of carbonyl (C=O) groups excluding carboxylic acids is 2. The molecule has 0 aliphatic heterocycles. The van der Waals surface area contributed by atoms with Crippen LogP contribution < -0.4 is 9.62 Å². The van der Waals surface area contributed by atoms with Crippen LogP contribution in [0.25, 0.3) is 0 Å². The van der Waals surface area contributed by atoms with Crippen molar-refractivity contribution in [2.75, 3.05) is 10.8 Å². The smallest absolute Gasteiger partial charge is 0.269 e. The maximum Gasteiger partial charge on any atom is 0.269 e. The van der Waals surface area contributed by atoms with Gasteiger partial charge in [-0.2, -0.15) is 0 Å². The number of hydrogen-bond acceptors (Lipinski definition) is 6. The van der Waals surface area contributed by atoms with E-state index < -0.39 is 50.7 Å². The van der Waals surface area contributed by atoms with E-state index in [9.17, 15) is 32.5 Å². The summed E-state index contributed by atoms with van der Waals surface area (Å²) in [5.41, 5.74) is -0.285. The number of nitrogens with zero attached hydrogens (tertiary/aromatic N) is 3. The monoisotopic (exact) mass is 584 g/mol. The van der Waals surface area contributed by atoms with Crippen molar-refractivity contribution in [3.8, 4) is 0 Å². The van der Waals surface area contributed by atoms with Gasteiger partial charge >= 0.3 is 0 Å². The van der Waals surface area contributed by atoms with Crippen molar-refractivity contribution in [2.45, 2.75) is 57.1 Å². The Morgan fingerprint density at radius 3 is 2.07 bits per heavy atom. The van der Waals surface area contributed by atoms with Gasteiger partial charge < -0.3 is 10.2 Å². The number of sulfonamides is 1. The predicted molar refractivity (Wildman–Crippen MR) is 153 cm³/mol. The third kappa shape index (κ3) is 8.10. The van der Waals surface area contributed by atoms with Crippen LogP contribution in [0.5, 0.6) is 0 Å². The van der Waals surface area contributed by atoms with E-state index >= 15 is 0 Å². The van der Waals surface area contributed by atoms with Crippen LogP contribution in [0.1, 0.15) is 39.7 Å². The summed E-state index contributed by atoms with van der Waals surface area (Å²) in [4.78, 5) is 39.0. The van der Waals surface area contributed by atoms with Gasteiger partial charge in [0.05, 0.1) is 15.5 Å². The van der Waals surface area contributed by atoms with Crippen molar-refractivity contribution in [3.63, 3.8) is 0 Å². The third-order valence-electron chi connectivity index (χ3n) is 6.11. The van der Waals surface area contributed by atoms with E-state index in [1.54, 1.807) is 33.8 Å². The maximum absolute atomic E-state index is 14.0. The summed E-state index contributed by atoms with van der Waals surface area (Å²) in [6, 6.07) is 16.7. The molecule has 0 heterocycles. The molecule has 218 valence electrons. The SMILES string of the molecule is CCC(C(=O)NC(C)(C)C)N(Cc1ccc(F)cc1)C(=O)CN(c1ccc([N+](=O)[O-])cc1)S(=O)(=O)c1ccccc1. The van der Waals surface area contributed by atoms with Crippen molar-refractivity contribution in [1.82, 2.24) is 10.2 Å². The van der Waals surface area contributed by atoms with Crippen LogP contribution in [0.2, 0.25) is 0 Å². The van der Waals surface area contributed by atoms with Gasteiger partial charge in [0.15, 0.2) is 0 Å². The molecule has 0 spiro atoms. The Balaban J connectivity index is 2.07. The lowest BCUT2D eigenvalue weighted by Crippen LogP contribution is -2.55. The molecule has 10 nitrogen and oxygen atoms in total. The van der Waals surface area contributed by atoms with E-state index in [1.807, 2.05) is 0 Å². The summed E-state index contributed by atoms with van der Waals surface area (Å²) in [5.74, 6) is -1.59. The fourth-order valence-electron chi connectivity index (χ4n) is 4.15. The summed E-state index contributed by atoms with van der Waals surface area (Å²) in [7, 11) is -4.31. The van der Waals surface area contributed by atoms with Crippen molar-refractivity contribution in [2.24, 2.45) is 0 Å². The summed E-state index contributed by atoms with van der Waals surface area (Å²) >= 11 is 0. The lowest BCUT2D eigenvalue weighted by molar-refractivity contribution is -0.384. The molecule has 0 aromatic heterocycles. The summed E-state index contributed by atoms with van der Waals surface area (Å²) < 4.78 is 42.0. The fourth-order valence-corrected chi connectivity index (χ4v) is 5.58. The molecule has 2 amide bonds. The zero-order chi connectivity index (χ0) is 30.4. The molecule has 0 saturated carbocycles. The summed E-state index contributed by atoms with van der Waals surface area (Å²) in [6.07, 6.45) is 0.220. The van der Waals surface area contributed by atoms with Crippen LogP contribution in [0.4, 0.5) is 15.8 Å². The van der Waals surface area contributed by atoms with Gasteiger partial charge in [0.1, 0.15) is 18.4 Å². The number of amides is 2. The Bertz CT molecular complexity index is 1470. The lowest BCUT2D eigenvalue weighted by Gasteiger charge is -2.34. The average molecular weight is 585 g/mol. The van der Waals surface area contributed by atoms with Crippen LogP contribution in [0.3, 0.4) is 0 Å². The maximum atomic E-state index is 14.0. The van der Waals surface area contributed by atoms with Crippen molar-refractivity contribution >= 4 is 33.2 Å². The minimum Gasteiger partial charge on any atom is -0.350 e. The van der Waals surface area contributed by atoms with Gasteiger partial charge in [-0.15, -0.1) is 0 Å². The highest BCUT2D eigenvalue weighted by Gasteiger charge is 2.34. The minimum atomic E-state index is -4.31. The molecule has 1 atom stereocenters. The van der Waals surface area contributed by atoms with E-state index in [-0.39, 0.29) is 29.2 Å². The second kappa shape index (κ2) is 12.9. The number of nitro benzene ring substituents is 1. The quantitative estimate of drug-likeness (QED) is 0.258. The molecule has 0 bridgehead atoms.